The maximum atomic E-state index is 13.1. The Balaban J connectivity index is 1.43. The van der Waals surface area contributed by atoms with Crippen LogP contribution in [-0.2, 0) is 6.54 Å². The van der Waals surface area contributed by atoms with E-state index in [2.05, 4.69) is 40.1 Å². The first-order valence-electron chi connectivity index (χ1n) is 10.0. The highest BCUT2D eigenvalue weighted by molar-refractivity contribution is 6.30. The lowest BCUT2D eigenvalue weighted by Crippen LogP contribution is -2.46. The minimum absolute atomic E-state index is 0.161. The second-order valence-electron chi connectivity index (χ2n) is 7.84. The Morgan fingerprint density at radius 1 is 0.963 bits per heavy atom. The zero-order chi connectivity index (χ0) is 18.6. The summed E-state index contributed by atoms with van der Waals surface area (Å²) >= 11 is 5.98. The van der Waals surface area contributed by atoms with E-state index in [1.807, 2.05) is 24.3 Å². The van der Waals surface area contributed by atoms with E-state index < -0.39 is 0 Å². The van der Waals surface area contributed by atoms with Gasteiger partial charge in [-0.05, 0) is 68.0 Å². The van der Waals surface area contributed by atoms with Gasteiger partial charge in [-0.2, -0.15) is 0 Å². The van der Waals surface area contributed by atoms with Crippen LogP contribution in [0.5, 0.6) is 0 Å². The molecule has 4 heteroatoms. The van der Waals surface area contributed by atoms with Crippen LogP contribution in [0.2, 0.25) is 5.02 Å². The van der Waals surface area contributed by atoms with Gasteiger partial charge in [-0.1, -0.05) is 41.9 Å². The predicted molar refractivity (Wildman–Crippen MR) is 110 cm³/mol. The molecule has 0 saturated carbocycles. The van der Waals surface area contributed by atoms with E-state index in [1.54, 1.807) is 0 Å². The fraction of sp³-hybridized carbons (Fsp3) is 0.435. The molecule has 0 N–H and O–H groups in total. The lowest BCUT2D eigenvalue weighted by Gasteiger charge is -2.39. The van der Waals surface area contributed by atoms with E-state index in [0.717, 1.165) is 44.6 Å². The smallest absolute Gasteiger partial charge is 0.254 e. The minimum Gasteiger partial charge on any atom is -0.335 e. The standard InChI is InChI=1S/C23H27ClN2O/c24-21-12-10-19(11-13-21)23(27)26-15-5-9-22(26)20-8-4-14-25(17-20)16-18-6-2-1-3-7-18/h1-3,6-7,10-13,20,22H,4-5,8-9,14-17H2/t20-,22-/m0/s1. The molecule has 0 spiro atoms. The predicted octanol–water partition coefficient (Wildman–Crippen LogP) is 4.86. The molecule has 142 valence electrons. The molecule has 2 aliphatic rings. The van der Waals surface area contributed by atoms with Crippen LogP contribution in [0, 0.1) is 5.92 Å². The Hall–Kier alpha value is -1.84. The fourth-order valence-electron chi connectivity index (χ4n) is 4.68. The lowest BCUT2D eigenvalue weighted by molar-refractivity contribution is 0.0589. The van der Waals surface area contributed by atoms with Crippen LogP contribution in [0.25, 0.3) is 0 Å². The van der Waals surface area contributed by atoms with Gasteiger partial charge in [0.25, 0.3) is 5.91 Å². The zero-order valence-corrected chi connectivity index (χ0v) is 16.4. The highest BCUT2D eigenvalue weighted by atomic mass is 35.5. The van der Waals surface area contributed by atoms with Crippen LogP contribution in [0.1, 0.15) is 41.6 Å². The number of halogens is 1. The number of hydrogen-bond donors (Lipinski definition) is 0. The third-order valence-electron chi connectivity index (χ3n) is 5.99. The molecule has 0 radical (unpaired) electrons. The van der Waals surface area contributed by atoms with Gasteiger partial charge in [-0.25, -0.2) is 0 Å². The second-order valence-corrected chi connectivity index (χ2v) is 8.27. The Morgan fingerprint density at radius 2 is 1.70 bits per heavy atom. The SMILES string of the molecule is O=C(c1ccc(Cl)cc1)N1CCC[C@H]1[C@H]1CCCN(Cc2ccccc2)C1. The van der Waals surface area contributed by atoms with Gasteiger partial charge in [0.1, 0.15) is 0 Å². The molecule has 0 aromatic heterocycles. The molecule has 2 heterocycles. The number of benzene rings is 2. The first kappa shape index (κ1) is 18.5. The Bertz CT molecular complexity index is 762. The average molecular weight is 383 g/mol. The largest absolute Gasteiger partial charge is 0.335 e. The van der Waals surface area contributed by atoms with Crippen molar-refractivity contribution in [2.24, 2.45) is 5.92 Å². The van der Waals surface area contributed by atoms with E-state index in [0.29, 0.717) is 17.0 Å². The Morgan fingerprint density at radius 3 is 2.48 bits per heavy atom. The van der Waals surface area contributed by atoms with Crippen molar-refractivity contribution < 1.29 is 4.79 Å². The average Bonchev–Trinajstić information content (AvgIpc) is 3.19. The van der Waals surface area contributed by atoms with E-state index >= 15 is 0 Å². The van der Waals surface area contributed by atoms with Gasteiger partial charge in [-0.3, -0.25) is 9.69 Å². The van der Waals surface area contributed by atoms with Crippen molar-refractivity contribution >= 4 is 17.5 Å². The molecule has 3 nitrogen and oxygen atoms in total. The van der Waals surface area contributed by atoms with Gasteiger partial charge >= 0.3 is 0 Å². The molecule has 2 aromatic carbocycles. The number of amides is 1. The highest BCUT2D eigenvalue weighted by Crippen LogP contribution is 2.32. The van der Waals surface area contributed by atoms with Crippen LogP contribution in [-0.4, -0.2) is 41.4 Å². The summed E-state index contributed by atoms with van der Waals surface area (Å²) in [6, 6.07) is 18.4. The molecule has 0 unspecified atom stereocenters. The first-order chi connectivity index (χ1) is 13.2. The van der Waals surface area contributed by atoms with Crippen LogP contribution < -0.4 is 0 Å². The van der Waals surface area contributed by atoms with Gasteiger partial charge in [-0.15, -0.1) is 0 Å². The van der Waals surface area contributed by atoms with Crippen molar-refractivity contribution in [3.05, 3.63) is 70.7 Å². The van der Waals surface area contributed by atoms with Gasteiger partial charge < -0.3 is 4.90 Å². The number of likely N-dealkylation sites (tertiary alicyclic amines) is 2. The van der Waals surface area contributed by atoms with Gasteiger partial charge in [0.15, 0.2) is 0 Å². The van der Waals surface area contributed by atoms with Crippen LogP contribution in [0.4, 0.5) is 0 Å². The summed E-state index contributed by atoms with van der Waals surface area (Å²) in [6.45, 7) is 4.13. The van der Waals surface area contributed by atoms with Crippen molar-refractivity contribution in [1.29, 1.82) is 0 Å². The summed E-state index contributed by atoms with van der Waals surface area (Å²) in [5.74, 6) is 0.732. The summed E-state index contributed by atoms with van der Waals surface area (Å²) in [7, 11) is 0. The Labute approximate surface area is 166 Å². The van der Waals surface area contributed by atoms with E-state index in [9.17, 15) is 4.79 Å². The highest BCUT2D eigenvalue weighted by Gasteiger charge is 2.37. The number of carbonyl (C=O) groups excluding carboxylic acids is 1. The third kappa shape index (κ3) is 4.36. The summed E-state index contributed by atoms with van der Waals surface area (Å²) in [5, 5.41) is 0.674. The van der Waals surface area contributed by atoms with Crippen LogP contribution in [0.3, 0.4) is 0 Å². The summed E-state index contributed by atoms with van der Waals surface area (Å²) in [6.07, 6.45) is 4.68. The molecule has 2 aliphatic heterocycles. The quantitative estimate of drug-likeness (QED) is 0.754. The maximum Gasteiger partial charge on any atom is 0.254 e. The molecule has 0 aliphatic carbocycles. The van der Waals surface area contributed by atoms with E-state index in [4.69, 9.17) is 11.6 Å². The molecule has 2 aromatic rings. The zero-order valence-electron chi connectivity index (χ0n) is 15.7. The number of piperidine rings is 1. The Kier molecular flexibility index (Phi) is 5.80. The van der Waals surface area contributed by atoms with Crippen LogP contribution in [0.15, 0.2) is 54.6 Å². The lowest BCUT2D eigenvalue weighted by atomic mass is 9.88. The molecule has 27 heavy (non-hydrogen) atoms. The van der Waals surface area contributed by atoms with Gasteiger partial charge in [0, 0.05) is 36.3 Å². The van der Waals surface area contributed by atoms with Crippen molar-refractivity contribution in [2.45, 2.75) is 38.3 Å². The molecular weight excluding hydrogens is 356 g/mol. The number of rotatable bonds is 4. The molecule has 2 saturated heterocycles. The maximum absolute atomic E-state index is 13.1. The van der Waals surface area contributed by atoms with Crippen molar-refractivity contribution in [2.75, 3.05) is 19.6 Å². The topological polar surface area (TPSA) is 23.6 Å². The second kappa shape index (κ2) is 8.45. The monoisotopic (exact) mass is 382 g/mol. The molecule has 0 bridgehead atoms. The van der Waals surface area contributed by atoms with E-state index in [1.165, 1.54) is 18.4 Å². The fourth-order valence-corrected chi connectivity index (χ4v) is 4.81. The van der Waals surface area contributed by atoms with Gasteiger partial charge in [0.2, 0.25) is 0 Å². The number of hydrogen-bond acceptors (Lipinski definition) is 2. The number of carbonyl (C=O) groups is 1. The third-order valence-corrected chi connectivity index (χ3v) is 6.24. The number of nitrogens with zero attached hydrogens (tertiary/aromatic N) is 2. The van der Waals surface area contributed by atoms with Gasteiger partial charge in [0.05, 0.1) is 0 Å². The van der Waals surface area contributed by atoms with Crippen molar-refractivity contribution in [3.8, 4) is 0 Å². The summed E-state index contributed by atoms with van der Waals surface area (Å²) < 4.78 is 0. The normalized spacial score (nSPS) is 23.5. The molecular formula is C23H27ClN2O. The molecule has 2 atom stereocenters. The summed E-state index contributed by atoms with van der Waals surface area (Å²) in [5.41, 5.74) is 2.13. The van der Waals surface area contributed by atoms with Crippen molar-refractivity contribution in [1.82, 2.24) is 9.80 Å². The first-order valence-corrected chi connectivity index (χ1v) is 10.4. The molecule has 1 amide bonds. The van der Waals surface area contributed by atoms with Crippen molar-refractivity contribution in [3.63, 3.8) is 0 Å². The van der Waals surface area contributed by atoms with E-state index in [-0.39, 0.29) is 5.91 Å². The molecule has 2 fully saturated rings. The molecule has 4 rings (SSSR count). The minimum atomic E-state index is 0.161. The van der Waals surface area contributed by atoms with Crippen LogP contribution >= 0.6 is 11.6 Å². The summed E-state index contributed by atoms with van der Waals surface area (Å²) in [4.78, 5) is 17.7.